The van der Waals surface area contributed by atoms with Gasteiger partial charge < -0.3 is 14.3 Å². The van der Waals surface area contributed by atoms with Gasteiger partial charge in [-0.05, 0) is 72.4 Å². The van der Waals surface area contributed by atoms with Crippen molar-refractivity contribution in [2.75, 3.05) is 37.7 Å². The van der Waals surface area contributed by atoms with Crippen LogP contribution in [0.3, 0.4) is 0 Å². The number of piperidine rings is 1. The van der Waals surface area contributed by atoms with Crippen LogP contribution in [-0.4, -0.2) is 56.6 Å². The highest BCUT2D eigenvalue weighted by Crippen LogP contribution is 2.42. The van der Waals surface area contributed by atoms with E-state index in [1.807, 2.05) is 0 Å². The van der Waals surface area contributed by atoms with Crippen LogP contribution in [0.4, 0.5) is 18.9 Å². The number of benzene rings is 3. The van der Waals surface area contributed by atoms with Crippen molar-refractivity contribution in [3.8, 4) is 11.3 Å². The highest BCUT2D eigenvalue weighted by molar-refractivity contribution is 7.92. The summed E-state index contributed by atoms with van der Waals surface area (Å²) in [6.45, 7) is 0.340. The fourth-order valence-electron chi connectivity index (χ4n) is 5.42. The third kappa shape index (κ3) is 6.26. The monoisotopic (exact) mass is 633 g/mol. The minimum absolute atomic E-state index is 0.0900. The van der Waals surface area contributed by atoms with Crippen molar-refractivity contribution < 1.29 is 35.4 Å². The normalized spacial score (nSPS) is 16.8. The summed E-state index contributed by atoms with van der Waals surface area (Å²) >= 11 is -1.45. The van der Waals surface area contributed by atoms with Crippen LogP contribution in [0.25, 0.3) is 22.3 Å². The van der Waals surface area contributed by atoms with E-state index in [0.29, 0.717) is 40.6 Å². The predicted molar refractivity (Wildman–Crippen MR) is 160 cm³/mol. The second kappa shape index (κ2) is 12.2. The zero-order valence-corrected chi connectivity index (χ0v) is 25.3. The van der Waals surface area contributed by atoms with Gasteiger partial charge in [-0.3, -0.25) is 4.79 Å². The summed E-state index contributed by atoms with van der Waals surface area (Å²) in [4.78, 5) is 13.1. The third-order valence-corrected chi connectivity index (χ3v) is 10.5. The summed E-state index contributed by atoms with van der Waals surface area (Å²) in [6, 6.07) is 12.0. The molecule has 8 nitrogen and oxygen atoms in total. The molecule has 1 aliphatic rings. The molecule has 1 unspecified atom stereocenters. The Morgan fingerprint density at radius 1 is 1.12 bits per heavy atom. The van der Waals surface area contributed by atoms with Crippen LogP contribution in [-0.2, 0) is 27.1 Å². The van der Waals surface area contributed by atoms with E-state index < -0.39 is 50.5 Å². The quantitative estimate of drug-likeness (QED) is 0.264. The summed E-state index contributed by atoms with van der Waals surface area (Å²) in [5.74, 6) is -3.66. The van der Waals surface area contributed by atoms with E-state index in [1.54, 1.807) is 23.5 Å². The lowest BCUT2D eigenvalue weighted by atomic mass is 9.89. The highest BCUT2D eigenvalue weighted by atomic mass is 32.2. The number of furan rings is 1. The number of sulfonamides is 1. The highest BCUT2D eigenvalue weighted by Gasteiger charge is 2.34. The first kappa shape index (κ1) is 30.9. The van der Waals surface area contributed by atoms with Crippen molar-refractivity contribution in [3.05, 3.63) is 88.7 Å². The van der Waals surface area contributed by atoms with E-state index in [1.165, 1.54) is 47.9 Å². The zero-order chi connectivity index (χ0) is 31.1. The minimum Gasteiger partial charge on any atom is -0.593 e. The maximum absolute atomic E-state index is 13.8. The van der Waals surface area contributed by atoms with Crippen molar-refractivity contribution in [2.45, 2.75) is 24.5 Å². The zero-order valence-electron chi connectivity index (χ0n) is 23.7. The van der Waals surface area contributed by atoms with Gasteiger partial charge in [-0.25, -0.2) is 25.9 Å². The minimum atomic E-state index is -3.90. The predicted octanol–water partition coefficient (Wildman–Crippen LogP) is 5.32. The molecule has 3 aromatic carbocycles. The molecule has 0 aliphatic carbocycles. The van der Waals surface area contributed by atoms with Gasteiger partial charge in [0.2, 0.25) is 10.0 Å². The van der Waals surface area contributed by atoms with E-state index in [9.17, 15) is 30.9 Å². The number of amides is 1. The Labute approximate surface area is 250 Å². The van der Waals surface area contributed by atoms with Crippen LogP contribution in [0.1, 0.15) is 40.2 Å². The second-order valence-electron chi connectivity index (χ2n) is 10.4. The molecule has 4 aromatic rings. The van der Waals surface area contributed by atoms with Crippen LogP contribution < -0.4 is 9.62 Å². The van der Waals surface area contributed by atoms with E-state index in [-0.39, 0.29) is 35.9 Å². The molecule has 0 saturated carbocycles. The van der Waals surface area contributed by atoms with E-state index in [0.717, 1.165) is 12.1 Å². The van der Waals surface area contributed by atoms with Gasteiger partial charge in [0.25, 0.3) is 5.91 Å². The largest absolute Gasteiger partial charge is 0.593 e. The standard InChI is InChI=1S/C30H30F3N3O5S2/c1-34-30(37)28-23-14-22(20-5-4-12-36(16-20)43(39,40)17-18-6-11-24(32)25(33)13-18)26(35(2)42(3)38)15-27(23)41-29(28)19-7-9-21(31)10-8-19/h6-11,13-15,20H,4-5,12,16-17H2,1-3H3,(H,34,37)/t20-,42?/m0/s1. The molecule has 1 saturated heterocycles. The maximum Gasteiger partial charge on any atom is 0.255 e. The molecule has 1 N–H and O–H groups in total. The van der Waals surface area contributed by atoms with Gasteiger partial charge in [0.15, 0.2) is 11.6 Å². The Morgan fingerprint density at radius 2 is 1.84 bits per heavy atom. The molecule has 1 aliphatic heterocycles. The van der Waals surface area contributed by atoms with Gasteiger partial charge in [0.05, 0.1) is 35.4 Å². The lowest BCUT2D eigenvalue weighted by molar-refractivity contribution is 0.0964. The van der Waals surface area contributed by atoms with E-state index in [4.69, 9.17) is 4.42 Å². The van der Waals surface area contributed by atoms with E-state index >= 15 is 0 Å². The molecule has 43 heavy (non-hydrogen) atoms. The molecular formula is C30H30F3N3O5S2. The number of anilines is 1. The van der Waals surface area contributed by atoms with Gasteiger partial charge in [0.1, 0.15) is 23.4 Å². The van der Waals surface area contributed by atoms with Gasteiger partial charge in [-0.2, -0.15) is 4.31 Å². The molecule has 2 atom stereocenters. The van der Waals surface area contributed by atoms with Crippen molar-refractivity contribution in [1.82, 2.24) is 9.62 Å². The molecule has 0 bridgehead atoms. The van der Waals surface area contributed by atoms with Gasteiger partial charge in [-0.15, -0.1) is 0 Å². The lowest BCUT2D eigenvalue weighted by Gasteiger charge is -2.34. The fraction of sp³-hybridized carbons (Fsp3) is 0.300. The Morgan fingerprint density at radius 3 is 2.49 bits per heavy atom. The molecule has 13 heteroatoms. The molecule has 1 amide bonds. The number of halogens is 3. The molecule has 228 valence electrons. The fourth-order valence-corrected chi connectivity index (χ4v) is 7.46. The SMILES string of the molecule is CNC(=O)c1c(-c2ccc(F)cc2)oc2cc(N(C)[S+](C)[O-])c([C@H]3CCCN(S(=O)(=O)Cc4ccc(F)c(F)c4)C3)cc12. The Hall–Kier alpha value is -3.52. The number of hydrogen-bond donors (Lipinski definition) is 1. The molecule has 0 radical (unpaired) electrons. The summed E-state index contributed by atoms with van der Waals surface area (Å²) < 4.78 is 89.3. The Kier molecular flexibility index (Phi) is 8.80. The van der Waals surface area contributed by atoms with Crippen molar-refractivity contribution in [1.29, 1.82) is 0 Å². The molecule has 0 spiro atoms. The maximum atomic E-state index is 13.8. The topological polar surface area (TPSA) is 106 Å². The van der Waals surface area contributed by atoms with Crippen molar-refractivity contribution >= 4 is 43.9 Å². The van der Waals surface area contributed by atoms with Gasteiger partial charge in [0, 0.05) is 37.2 Å². The first-order valence-corrected chi connectivity index (χ1v) is 16.6. The number of rotatable bonds is 8. The summed E-state index contributed by atoms with van der Waals surface area (Å²) in [6.07, 6.45) is 2.64. The van der Waals surface area contributed by atoms with Crippen LogP contribution >= 0.6 is 0 Å². The Balaban J connectivity index is 1.59. The first-order chi connectivity index (χ1) is 20.4. The molecular weight excluding hydrogens is 603 g/mol. The van der Waals surface area contributed by atoms with E-state index in [2.05, 4.69) is 5.32 Å². The number of hydrogen-bond acceptors (Lipinski definition) is 6. The van der Waals surface area contributed by atoms with Crippen LogP contribution in [0.5, 0.6) is 0 Å². The summed E-state index contributed by atoms with van der Waals surface area (Å²) in [7, 11) is -0.777. The number of fused-ring (bicyclic) bond motifs is 1. The number of nitrogens with zero attached hydrogens (tertiary/aromatic N) is 2. The van der Waals surface area contributed by atoms with Gasteiger partial charge >= 0.3 is 0 Å². The summed E-state index contributed by atoms with van der Waals surface area (Å²) in [5.41, 5.74) is 2.41. The third-order valence-electron chi connectivity index (χ3n) is 7.67. The summed E-state index contributed by atoms with van der Waals surface area (Å²) in [5, 5.41) is 3.09. The van der Waals surface area contributed by atoms with Gasteiger partial charge in [-0.1, -0.05) is 6.07 Å². The average Bonchev–Trinajstić information content (AvgIpc) is 3.36. The second-order valence-corrected chi connectivity index (χ2v) is 13.8. The smallest absolute Gasteiger partial charge is 0.255 e. The Bertz CT molecular complexity index is 1780. The number of carbonyl (C=O) groups is 1. The van der Waals surface area contributed by atoms with Crippen LogP contribution in [0.2, 0.25) is 0 Å². The van der Waals surface area contributed by atoms with Crippen LogP contribution in [0, 0.1) is 17.5 Å². The number of nitrogens with one attached hydrogen (secondary N) is 1. The van der Waals surface area contributed by atoms with Crippen molar-refractivity contribution in [3.63, 3.8) is 0 Å². The lowest BCUT2D eigenvalue weighted by Crippen LogP contribution is -2.40. The molecule has 1 fully saturated rings. The molecule has 1 aromatic heterocycles. The molecule has 5 rings (SSSR count). The first-order valence-electron chi connectivity index (χ1n) is 13.5. The molecule has 2 heterocycles. The van der Waals surface area contributed by atoms with Crippen molar-refractivity contribution in [2.24, 2.45) is 0 Å². The van der Waals surface area contributed by atoms with Crippen LogP contribution in [0.15, 0.2) is 59.0 Å². The number of carbonyl (C=O) groups excluding carboxylic acids is 1. The average molecular weight is 634 g/mol.